The van der Waals surface area contributed by atoms with Gasteiger partial charge >= 0.3 is 0 Å². The molecule has 2 aromatic carbocycles. The van der Waals surface area contributed by atoms with Crippen LogP contribution < -0.4 is 0 Å². The van der Waals surface area contributed by atoms with Crippen LogP contribution in [-0.4, -0.2) is 19.7 Å². The fraction of sp³-hybridized carbons (Fsp3) is 0.238. The Labute approximate surface area is 156 Å². The van der Waals surface area contributed by atoms with Crippen molar-refractivity contribution in [2.45, 2.75) is 24.7 Å². The molecule has 1 aliphatic carbocycles. The lowest BCUT2D eigenvalue weighted by Gasteiger charge is -2.41. The summed E-state index contributed by atoms with van der Waals surface area (Å²) in [6.45, 7) is 0. The number of nitrogens with zero attached hydrogens (tertiary/aromatic N) is 3. The van der Waals surface area contributed by atoms with Crippen molar-refractivity contribution < 1.29 is 0 Å². The number of fused-ring (bicyclic) bond motifs is 1. The van der Waals surface area contributed by atoms with Crippen LogP contribution in [0.1, 0.15) is 30.7 Å². The SMILES string of the molecule is Cn1c(-c2ccc3[nH]ccc3c2)nnc1C1(c2ccc(Cl)cc2)CCC1. The maximum Gasteiger partial charge on any atom is 0.163 e. The molecule has 1 N–H and O–H groups in total. The zero-order valence-corrected chi connectivity index (χ0v) is 15.3. The average molecular weight is 363 g/mol. The third kappa shape index (κ3) is 2.22. The van der Waals surface area contributed by atoms with E-state index in [0.717, 1.165) is 40.6 Å². The Kier molecular flexibility index (Phi) is 3.44. The van der Waals surface area contributed by atoms with Crippen molar-refractivity contribution in [1.29, 1.82) is 0 Å². The number of benzene rings is 2. The third-order valence-electron chi connectivity index (χ3n) is 5.72. The zero-order chi connectivity index (χ0) is 17.7. The van der Waals surface area contributed by atoms with Crippen LogP contribution in [0.25, 0.3) is 22.3 Å². The second kappa shape index (κ2) is 5.71. The molecule has 130 valence electrons. The van der Waals surface area contributed by atoms with E-state index in [-0.39, 0.29) is 5.41 Å². The van der Waals surface area contributed by atoms with E-state index in [4.69, 9.17) is 11.6 Å². The first-order valence-corrected chi connectivity index (χ1v) is 9.29. The maximum absolute atomic E-state index is 6.09. The van der Waals surface area contributed by atoms with Crippen molar-refractivity contribution in [3.8, 4) is 11.4 Å². The summed E-state index contributed by atoms with van der Waals surface area (Å²) in [6, 6.07) is 16.6. The Hall–Kier alpha value is -2.59. The van der Waals surface area contributed by atoms with Crippen LogP contribution in [0.3, 0.4) is 0 Å². The number of hydrogen-bond acceptors (Lipinski definition) is 2. The Morgan fingerprint density at radius 3 is 2.58 bits per heavy atom. The average Bonchev–Trinajstić information content (AvgIpc) is 3.22. The largest absolute Gasteiger partial charge is 0.361 e. The normalized spacial score (nSPS) is 15.9. The molecular formula is C21H19ClN4. The van der Waals surface area contributed by atoms with Gasteiger partial charge in [-0.2, -0.15) is 0 Å². The molecule has 2 aromatic heterocycles. The van der Waals surface area contributed by atoms with Gasteiger partial charge in [0.1, 0.15) is 5.82 Å². The first-order chi connectivity index (χ1) is 12.7. The number of aromatic nitrogens is 4. The minimum Gasteiger partial charge on any atom is -0.361 e. The van der Waals surface area contributed by atoms with Gasteiger partial charge in [0.2, 0.25) is 0 Å². The Balaban J connectivity index is 1.61. The Morgan fingerprint density at radius 2 is 1.85 bits per heavy atom. The smallest absolute Gasteiger partial charge is 0.163 e. The van der Waals surface area contributed by atoms with Gasteiger partial charge in [-0.15, -0.1) is 10.2 Å². The molecule has 1 saturated carbocycles. The molecule has 1 fully saturated rings. The zero-order valence-electron chi connectivity index (χ0n) is 14.5. The molecule has 5 rings (SSSR count). The second-order valence-corrected chi connectivity index (χ2v) is 7.56. The van der Waals surface area contributed by atoms with Crippen molar-refractivity contribution in [2.24, 2.45) is 7.05 Å². The number of nitrogens with one attached hydrogen (secondary N) is 1. The van der Waals surface area contributed by atoms with Gasteiger partial charge in [0, 0.05) is 34.7 Å². The van der Waals surface area contributed by atoms with Crippen molar-refractivity contribution in [3.05, 3.63) is 71.1 Å². The summed E-state index contributed by atoms with van der Waals surface area (Å²) in [6.07, 6.45) is 5.36. The molecule has 0 unspecified atom stereocenters. The van der Waals surface area contributed by atoms with E-state index in [9.17, 15) is 0 Å². The summed E-state index contributed by atoms with van der Waals surface area (Å²) in [5.41, 5.74) is 3.44. The lowest BCUT2D eigenvalue weighted by atomic mass is 9.64. The maximum atomic E-state index is 6.09. The van der Waals surface area contributed by atoms with E-state index >= 15 is 0 Å². The molecule has 0 atom stereocenters. The van der Waals surface area contributed by atoms with Crippen LogP contribution in [-0.2, 0) is 12.5 Å². The van der Waals surface area contributed by atoms with E-state index in [1.165, 1.54) is 17.4 Å². The van der Waals surface area contributed by atoms with Crippen LogP contribution in [0.4, 0.5) is 0 Å². The van der Waals surface area contributed by atoms with E-state index < -0.39 is 0 Å². The standard InChI is InChI=1S/C21H19ClN4/c1-26-19(15-3-8-18-14(13-15)9-12-23-18)24-25-20(26)21(10-2-11-21)16-4-6-17(22)7-5-16/h3-9,12-13,23H,2,10-11H2,1H3. The predicted octanol–water partition coefficient (Wildman–Crippen LogP) is 5.09. The van der Waals surface area contributed by atoms with Gasteiger partial charge in [-0.05, 0) is 54.8 Å². The molecule has 0 aliphatic heterocycles. The fourth-order valence-corrected chi connectivity index (χ4v) is 4.26. The van der Waals surface area contributed by atoms with Gasteiger partial charge in [0.25, 0.3) is 0 Å². The highest BCUT2D eigenvalue weighted by Gasteiger charge is 2.44. The lowest BCUT2D eigenvalue weighted by Crippen LogP contribution is -2.38. The minimum atomic E-state index is -0.0528. The molecule has 2 heterocycles. The quantitative estimate of drug-likeness (QED) is 0.552. The molecule has 0 bridgehead atoms. The first-order valence-electron chi connectivity index (χ1n) is 8.91. The molecular weight excluding hydrogens is 344 g/mol. The number of hydrogen-bond donors (Lipinski definition) is 1. The molecule has 0 amide bonds. The third-order valence-corrected chi connectivity index (χ3v) is 5.97. The molecule has 0 spiro atoms. The predicted molar refractivity (Wildman–Crippen MR) is 104 cm³/mol. The molecule has 1 aliphatic rings. The Bertz CT molecular complexity index is 1090. The highest BCUT2D eigenvalue weighted by molar-refractivity contribution is 6.30. The van der Waals surface area contributed by atoms with Gasteiger partial charge in [-0.25, -0.2) is 0 Å². The van der Waals surface area contributed by atoms with Crippen LogP contribution in [0.5, 0.6) is 0 Å². The topological polar surface area (TPSA) is 46.5 Å². The summed E-state index contributed by atoms with van der Waals surface area (Å²) < 4.78 is 2.15. The van der Waals surface area contributed by atoms with Crippen LogP contribution >= 0.6 is 11.6 Å². The van der Waals surface area contributed by atoms with Crippen LogP contribution in [0, 0.1) is 0 Å². The summed E-state index contributed by atoms with van der Waals surface area (Å²) >= 11 is 6.09. The number of rotatable bonds is 3. The van der Waals surface area contributed by atoms with Crippen LogP contribution in [0.2, 0.25) is 5.02 Å². The van der Waals surface area contributed by atoms with Crippen molar-refractivity contribution in [1.82, 2.24) is 19.7 Å². The van der Waals surface area contributed by atoms with Gasteiger partial charge < -0.3 is 9.55 Å². The van der Waals surface area contributed by atoms with Gasteiger partial charge in [0.05, 0.1) is 5.41 Å². The summed E-state index contributed by atoms with van der Waals surface area (Å²) in [5, 5.41) is 11.1. The van der Waals surface area contributed by atoms with Crippen molar-refractivity contribution in [2.75, 3.05) is 0 Å². The number of H-pyrrole nitrogens is 1. The van der Waals surface area contributed by atoms with E-state index in [1.807, 2.05) is 18.3 Å². The molecule has 0 saturated heterocycles. The van der Waals surface area contributed by atoms with Gasteiger partial charge in [-0.3, -0.25) is 0 Å². The van der Waals surface area contributed by atoms with Gasteiger partial charge in [0.15, 0.2) is 5.82 Å². The van der Waals surface area contributed by atoms with Crippen molar-refractivity contribution >= 4 is 22.5 Å². The Morgan fingerprint density at radius 1 is 1.04 bits per heavy atom. The summed E-state index contributed by atoms with van der Waals surface area (Å²) in [7, 11) is 2.07. The van der Waals surface area contributed by atoms with Crippen LogP contribution in [0.15, 0.2) is 54.7 Å². The fourth-order valence-electron chi connectivity index (χ4n) is 4.13. The highest BCUT2D eigenvalue weighted by atomic mass is 35.5. The summed E-state index contributed by atoms with van der Waals surface area (Å²) in [5.74, 6) is 1.94. The van der Waals surface area contributed by atoms with Gasteiger partial charge in [-0.1, -0.05) is 30.2 Å². The monoisotopic (exact) mass is 362 g/mol. The van der Waals surface area contributed by atoms with E-state index in [2.05, 4.69) is 63.2 Å². The molecule has 0 radical (unpaired) electrons. The molecule has 4 aromatic rings. The highest BCUT2D eigenvalue weighted by Crippen LogP contribution is 2.48. The molecule has 26 heavy (non-hydrogen) atoms. The minimum absolute atomic E-state index is 0.0528. The van der Waals surface area contributed by atoms with E-state index in [0.29, 0.717) is 0 Å². The molecule has 5 heteroatoms. The second-order valence-electron chi connectivity index (χ2n) is 7.13. The van der Waals surface area contributed by atoms with E-state index in [1.54, 1.807) is 0 Å². The molecule has 4 nitrogen and oxygen atoms in total. The number of aromatic amines is 1. The first kappa shape index (κ1) is 15.6. The summed E-state index contributed by atoms with van der Waals surface area (Å²) in [4.78, 5) is 3.23. The lowest BCUT2D eigenvalue weighted by molar-refractivity contribution is 0.278. The van der Waals surface area contributed by atoms with Crippen molar-refractivity contribution in [3.63, 3.8) is 0 Å². The number of halogens is 1.